The first-order chi connectivity index (χ1) is 13.5. The van der Waals surface area contributed by atoms with Crippen LogP contribution in [0.4, 0.5) is 8.78 Å². The first-order valence-corrected chi connectivity index (χ1v) is 8.80. The molecule has 1 N–H and O–H groups in total. The fourth-order valence-corrected chi connectivity index (χ4v) is 2.78. The first-order valence-electron chi connectivity index (χ1n) is 7.81. The average Bonchev–Trinajstić information content (AvgIpc) is 3.32. The normalized spacial score (nSPS) is 10.8. The summed E-state index contributed by atoms with van der Waals surface area (Å²) in [7, 11) is 0. The van der Waals surface area contributed by atoms with Gasteiger partial charge >= 0.3 is 6.61 Å². The molecule has 9 nitrogen and oxygen atoms in total. The molecule has 2 amide bonds. The van der Waals surface area contributed by atoms with Crippen LogP contribution in [-0.4, -0.2) is 44.4 Å². The number of benzene rings is 1. The van der Waals surface area contributed by atoms with Crippen molar-refractivity contribution < 1.29 is 27.5 Å². The maximum absolute atomic E-state index is 12.1. The number of imide groups is 1. The van der Waals surface area contributed by atoms with E-state index in [-0.39, 0.29) is 17.1 Å². The summed E-state index contributed by atoms with van der Waals surface area (Å²) in [5, 5.41) is 13.8. The number of aromatic nitrogens is 4. The van der Waals surface area contributed by atoms with Crippen LogP contribution in [0, 0.1) is 0 Å². The average molecular weight is 409 g/mol. The van der Waals surface area contributed by atoms with E-state index in [0.717, 1.165) is 11.8 Å². The SMILES string of the molecule is O=C(CSc1nnnn1Cc1ccco1)NC(=O)c1ccc(OC(F)F)cc1. The Balaban J connectivity index is 1.50. The predicted molar refractivity (Wildman–Crippen MR) is 91.9 cm³/mol. The van der Waals surface area contributed by atoms with Gasteiger partial charge in [0.15, 0.2) is 0 Å². The van der Waals surface area contributed by atoms with E-state index in [1.165, 1.54) is 35.2 Å². The van der Waals surface area contributed by atoms with Crippen LogP contribution in [0.3, 0.4) is 0 Å². The lowest BCUT2D eigenvalue weighted by atomic mass is 10.2. The summed E-state index contributed by atoms with van der Waals surface area (Å²) < 4.78 is 35.1. The number of halogens is 2. The zero-order valence-electron chi connectivity index (χ0n) is 14.1. The number of carbonyl (C=O) groups excluding carboxylic acids is 2. The van der Waals surface area contributed by atoms with Gasteiger partial charge in [0.2, 0.25) is 11.1 Å². The molecule has 1 aromatic carbocycles. The molecule has 3 rings (SSSR count). The summed E-state index contributed by atoms with van der Waals surface area (Å²) in [4.78, 5) is 24.0. The summed E-state index contributed by atoms with van der Waals surface area (Å²) >= 11 is 1.05. The van der Waals surface area contributed by atoms with E-state index in [0.29, 0.717) is 17.5 Å². The molecule has 0 aliphatic carbocycles. The zero-order chi connectivity index (χ0) is 19.9. The molecule has 28 heavy (non-hydrogen) atoms. The van der Waals surface area contributed by atoms with Crippen LogP contribution in [0.2, 0.25) is 0 Å². The van der Waals surface area contributed by atoms with Gasteiger partial charge in [-0.2, -0.15) is 8.78 Å². The third-order valence-corrected chi connectivity index (χ3v) is 4.27. The van der Waals surface area contributed by atoms with Crippen molar-refractivity contribution in [1.29, 1.82) is 0 Å². The molecule has 146 valence electrons. The van der Waals surface area contributed by atoms with Gasteiger partial charge in [0, 0.05) is 5.56 Å². The number of tetrazole rings is 1. The Hall–Kier alpha value is -3.28. The quantitative estimate of drug-likeness (QED) is 0.562. The molecular weight excluding hydrogens is 396 g/mol. The lowest BCUT2D eigenvalue weighted by Crippen LogP contribution is -2.31. The molecule has 0 atom stereocenters. The van der Waals surface area contributed by atoms with Gasteiger partial charge in [-0.1, -0.05) is 11.8 Å². The summed E-state index contributed by atoms with van der Waals surface area (Å²) in [6, 6.07) is 8.47. The van der Waals surface area contributed by atoms with E-state index in [1.54, 1.807) is 12.1 Å². The summed E-state index contributed by atoms with van der Waals surface area (Å²) in [5.41, 5.74) is 0.127. The fraction of sp³-hybridized carbons (Fsp3) is 0.188. The summed E-state index contributed by atoms with van der Waals surface area (Å²) in [5.74, 6) is -0.763. The van der Waals surface area contributed by atoms with Crippen LogP contribution in [-0.2, 0) is 11.3 Å². The number of hydrogen-bond donors (Lipinski definition) is 1. The Morgan fingerprint density at radius 2 is 2.04 bits per heavy atom. The second kappa shape index (κ2) is 9.08. The lowest BCUT2D eigenvalue weighted by molar-refractivity contribution is -0.117. The molecule has 0 saturated carbocycles. The molecule has 3 aromatic rings. The molecule has 0 spiro atoms. The molecule has 0 fully saturated rings. The fourth-order valence-electron chi connectivity index (χ4n) is 2.10. The van der Waals surface area contributed by atoms with Gasteiger partial charge in [-0.05, 0) is 46.8 Å². The van der Waals surface area contributed by atoms with Crippen molar-refractivity contribution in [1.82, 2.24) is 25.5 Å². The number of nitrogens with zero attached hydrogens (tertiary/aromatic N) is 4. The highest BCUT2D eigenvalue weighted by molar-refractivity contribution is 7.99. The van der Waals surface area contributed by atoms with Crippen molar-refractivity contribution in [3.8, 4) is 5.75 Å². The highest BCUT2D eigenvalue weighted by atomic mass is 32.2. The molecule has 0 aliphatic heterocycles. The number of hydrogen-bond acceptors (Lipinski definition) is 8. The maximum atomic E-state index is 12.1. The third-order valence-electron chi connectivity index (χ3n) is 3.31. The monoisotopic (exact) mass is 409 g/mol. The molecular formula is C16H13F2N5O4S. The third kappa shape index (κ3) is 5.36. The molecule has 2 aromatic heterocycles. The second-order valence-corrected chi connectivity index (χ2v) is 6.21. The van der Waals surface area contributed by atoms with Gasteiger partial charge < -0.3 is 9.15 Å². The van der Waals surface area contributed by atoms with E-state index >= 15 is 0 Å². The second-order valence-electron chi connectivity index (χ2n) is 5.27. The molecule has 0 aliphatic rings. The summed E-state index contributed by atoms with van der Waals surface area (Å²) in [6.07, 6.45) is 1.53. The zero-order valence-corrected chi connectivity index (χ0v) is 14.9. The Bertz CT molecular complexity index is 931. The van der Waals surface area contributed by atoms with Gasteiger partial charge in [0.25, 0.3) is 5.91 Å². The number of alkyl halides is 2. The highest BCUT2D eigenvalue weighted by Gasteiger charge is 2.15. The van der Waals surface area contributed by atoms with Gasteiger partial charge in [0.1, 0.15) is 18.1 Å². The number of rotatable bonds is 8. The Morgan fingerprint density at radius 3 is 2.71 bits per heavy atom. The first kappa shape index (κ1) is 19.5. The molecule has 2 heterocycles. The largest absolute Gasteiger partial charge is 0.467 e. The van der Waals surface area contributed by atoms with E-state index in [1.807, 2.05) is 0 Å². The van der Waals surface area contributed by atoms with Gasteiger partial charge in [0.05, 0.1) is 12.0 Å². The number of thioether (sulfide) groups is 1. The minimum absolute atomic E-state index is 0.0863. The Labute approximate surface area is 161 Å². The van der Waals surface area contributed by atoms with E-state index in [9.17, 15) is 18.4 Å². The van der Waals surface area contributed by atoms with Gasteiger partial charge in [-0.25, -0.2) is 4.68 Å². The predicted octanol–water partition coefficient (Wildman–Crippen LogP) is 1.96. The van der Waals surface area contributed by atoms with E-state index < -0.39 is 18.4 Å². The van der Waals surface area contributed by atoms with Crippen molar-refractivity contribution >= 4 is 23.6 Å². The van der Waals surface area contributed by atoms with Crippen molar-refractivity contribution in [2.24, 2.45) is 0 Å². The Kier molecular flexibility index (Phi) is 6.32. The van der Waals surface area contributed by atoms with Crippen LogP contribution in [0.5, 0.6) is 5.75 Å². The van der Waals surface area contributed by atoms with Gasteiger partial charge in [-0.15, -0.1) is 5.10 Å². The van der Waals surface area contributed by atoms with Crippen molar-refractivity contribution in [3.63, 3.8) is 0 Å². The van der Waals surface area contributed by atoms with Crippen LogP contribution >= 0.6 is 11.8 Å². The molecule has 12 heteroatoms. The Morgan fingerprint density at radius 1 is 1.25 bits per heavy atom. The minimum Gasteiger partial charge on any atom is -0.467 e. The van der Waals surface area contributed by atoms with Gasteiger partial charge in [-0.3, -0.25) is 14.9 Å². The van der Waals surface area contributed by atoms with E-state index in [2.05, 4.69) is 25.6 Å². The molecule has 0 bridgehead atoms. The smallest absolute Gasteiger partial charge is 0.387 e. The number of nitrogens with one attached hydrogen (secondary N) is 1. The molecule has 0 saturated heterocycles. The van der Waals surface area contributed by atoms with Crippen molar-refractivity contribution in [2.45, 2.75) is 18.3 Å². The van der Waals surface area contributed by atoms with E-state index in [4.69, 9.17) is 4.42 Å². The minimum atomic E-state index is -2.96. The van der Waals surface area contributed by atoms with Crippen molar-refractivity contribution in [2.75, 3.05) is 5.75 Å². The number of furan rings is 1. The number of carbonyl (C=O) groups is 2. The summed E-state index contributed by atoms with van der Waals surface area (Å²) in [6.45, 7) is -2.65. The molecule has 0 radical (unpaired) electrons. The maximum Gasteiger partial charge on any atom is 0.387 e. The topological polar surface area (TPSA) is 112 Å². The standard InChI is InChI=1S/C16H13F2N5O4S/c17-15(18)27-11-5-3-10(4-6-11)14(25)19-13(24)9-28-16-20-21-22-23(16)8-12-2-1-7-26-12/h1-7,15H,8-9H2,(H,19,24,25). The molecule has 0 unspecified atom stereocenters. The highest BCUT2D eigenvalue weighted by Crippen LogP contribution is 2.16. The number of ether oxygens (including phenoxy) is 1. The van der Waals surface area contributed by atoms with Crippen LogP contribution in [0.1, 0.15) is 16.1 Å². The van der Waals surface area contributed by atoms with Crippen LogP contribution in [0.15, 0.2) is 52.2 Å². The van der Waals surface area contributed by atoms with Crippen LogP contribution in [0.25, 0.3) is 0 Å². The van der Waals surface area contributed by atoms with Crippen molar-refractivity contribution in [3.05, 3.63) is 54.0 Å². The van der Waals surface area contributed by atoms with Crippen LogP contribution < -0.4 is 10.1 Å². The lowest BCUT2D eigenvalue weighted by Gasteiger charge is -2.06. The number of amides is 2.